The number of nitrogens with one attached hydrogen (secondary N) is 2. The van der Waals surface area contributed by atoms with Gasteiger partial charge in [0, 0.05) is 30.7 Å². The Morgan fingerprint density at radius 1 is 0.979 bits per heavy atom. The van der Waals surface area contributed by atoms with E-state index in [-0.39, 0.29) is 12.5 Å². The first-order chi connectivity index (χ1) is 22.9. The highest BCUT2D eigenvalue weighted by molar-refractivity contribution is 8.15. The van der Waals surface area contributed by atoms with E-state index in [1.54, 1.807) is 54.4 Å². The number of amides is 3. The van der Waals surface area contributed by atoms with Crippen molar-refractivity contribution in [2.45, 2.75) is 24.8 Å². The molecule has 0 radical (unpaired) electrons. The largest absolute Gasteiger partial charge is 0.445 e. The number of amidine groups is 1. The van der Waals surface area contributed by atoms with E-state index >= 15 is 0 Å². The first kappa shape index (κ1) is 31.8. The number of pyridine rings is 1. The van der Waals surface area contributed by atoms with Gasteiger partial charge in [-0.1, -0.05) is 60.3 Å². The molecular weight excluding hydrogens is 616 g/mol. The molecule has 240 valence electrons. The standard InChI is InChI=1S/C35H34N6O5S/c1-24(37-35(44)46-23-25-7-3-2-4-8-25)32(42)38-27-12-10-26(11-13-27)31-33(43)41(30-9-5-6-18-36-30)34(47-31)39-28-14-16-29(17-15-28)40-19-21-45-22-20-40/h2-18,24,31H,19-23H2,1H3,(H,37,44)(H,38,42)/t24-,31?/m1/s1. The summed E-state index contributed by atoms with van der Waals surface area (Å²) in [5.74, 6) is -0.0824. The number of hydrogen-bond acceptors (Lipinski definition) is 9. The Kier molecular flexibility index (Phi) is 10.1. The molecule has 47 heavy (non-hydrogen) atoms. The van der Waals surface area contributed by atoms with Crippen LogP contribution in [0, 0.1) is 0 Å². The number of alkyl carbamates (subject to hydrolysis) is 1. The van der Waals surface area contributed by atoms with Crippen LogP contribution in [0.15, 0.2) is 108 Å². The summed E-state index contributed by atoms with van der Waals surface area (Å²) in [5.41, 5.74) is 3.95. The fourth-order valence-electron chi connectivity index (χ4n) is 5.07. The van der Waals surface area contributed by atoms with E-state index in [4.69, 9.17) is 14.5 Å². The highest BCUT2D eigenvalue weighted by Crippen LogP contribution is 2.42. The van der Waals surface area contributed by atoms with Gasteiger partial charge in [0.05, 0.1) is 18.9 Å². The smallest absolute Gasteiger partial charge is 0.408 e. The van der Waals surface area contributed by atoms with Crippen LogP contribution >= 0.6 is 11.8 Å². The number of morpholine rings is 1. The average molecular weight is 651 g/mol. The minimum atomic E-state index is -0.835. The van der Waals surface area contributed by atoms with Crippen molar-refractivity contribution in [2.75, 3.05) is 41.4 Å². The maximum atomic E-state index is 13.8. The van der Waals surface area contributed by atoms with Crippen LogP contribution in [0.3, 0.4) is 0 Å². The Morgan fingerprint density at radius 3 is 2.40 bits per heavy atom. The minimum absolute atomic E-state index is 0.103. The van der Waals surface area contributed by atoms with Crippen molar-refractivity contribution < 1.29 is 23.9 Å². The molecule has 2 fully saturated rings. The van der Waals surface area contributed by atoms with Crippen molar-refractivity contribution in [3.05, 3.63) is 114 Å². The SMILES string of the molecule is C[C@@H](NC(=O)OCc1ccccc1)C(=O)Nc1ccc(C2SC(=Nc3ccc(N4CCOCC4)cc3)N(c3ccccn3)C2=O)cc1. The Morgan fingerprint density at radius 2 is 1.70 bits per heavy atom. The molecular formula is C35H34N6O5S. The van der Waals surface area contributed by atoms with Crippen molar-refractivity contribution in [3.8, 4) is 0 Å². The summed E-state index contributed by atoms with van der Waals surface area (Å²) in [4.78, 5) is 51.9. The lowest BCUT2D eigenvalue weighted by Gasteiger charge is -2.28. The fraction of sp³-hybridized carbons (Fsp3) is 0.229. The third kappa shape index (κ3) is 7.97. The number of ether oxygens (including phenoxy) is 2. The number of carbonyl (C=O) groups is 3. The number of anilines is 3. The van der Waals surface area contributed by atoms with Crippen molar-refractivity contribution >= 4 is 57.7 Å². The third-order valence-corrected chi connectivity index (χ3v) is 8.80. The van der Waals surface area contributed by atoms with Gasteiger partial charge < -0.3 is 25.0 Å². The quantitative estimate of drug-likeness (QED) is 0.237. The lowest BCUT2D eigenvalue weighted by molar-refractivity contribution is -0.118. The highest BCUT2D eigenvalue weighted by Gasteiger charge is 2.40. The van der Waals surface area contributed by atoms with Crippen LogP contribution in [-0.4, -0.2) is 60.4 Å². The molecule has 12 heteroatoms. The van der Waals surface area contributed by atoms with Crippen LogP contribution in [0.4, 0.5) is 27.7 Å². The van der Waals surface area contributed by atoms with Gasteiger partial charge in [-0.25, -0.2) is 19.7 Å². The summed E-state index contributed by atoms with van der Waals surface area (Å²) < 4.78 is 10.7. The number of aromatic nitrogens is 1. The average Bonchev–Trinajstić information content (AvgIpc) is 3.44. The first-order valence-electron chi connectivity index (χ1n) is 15.3. The van der Waals surface area contributed by atoms with Crippen molar-refractivity contribution in [1.29, 1.82) is 0 Å². The molecule has 1 unspecified atom stereocenters. The van der Waals surface area contributed by atoms with Crippen molar-refractivity contribution in [1.82, 2.24) is 10.3 Å². The lowest BCUT2D eigenvalue weighted by Crippen LogP contribution is -2.41. The van der Waals surface area contributed by atoms with Gasteiger partial charge in [0.1, 0.15) is 23.7 Å². The number of nitrogens with zero attached hydrogens (tertiary/aromatic N) is 4. The van der Waals surface area contributed by atoms with Gasteiger partial charge in [-0.2, -0.15) is 0 Å². The van der Waals surface area contributed by atoms with Gasteiger partial charge >= 0.3 is 6.09 Å². The molecule has 3 aromatic carbocycles. The first-order valence-corrected chi connectivity index (χ1v) is 16.1. The Hall–Kier alpha value is -5.20. The normalized spacial score (nSPS) is 17.8. The van der Waals surface area contributed by atoms with E-state index in [2.05, 4.69) is 20.5 Å². The zero-order valence-electron chi connectivity index (χ0n) is 25.7. The number of thioether (sulfide) groups is 1. The summed E-state index contributed by atoms with van der Waals surface area (Å²) in [6.07, 6.45) is 0.956. The number of aliphatic imine (C=N–C) groups is 1. The number of rotatable bonds is 9. The third-order valence-electron chi connectivity index (χ3n) is 7.61. The van der Waals surface area contributed by atoms with Crippen molar-refractivity contribution in [3.63, 3.8) is 0 Å². The van der Waals surface area contributed by atoms with Crippen LogP contribution < -0.4 is 20.4 Å². The number of carbonyl (C=O) groups excluding carboxylic acids is 3. The van der Waals surface area contributed by atoms with Gasteiger partial charge in [0.15, 0.2) is 5.17 Å². The molecule has 0 aliphatic carbocycles. The zero-order chi connectivity index (χ0) is 32.6. The van der Waals surface area contributed by atoms with Crippen LogP contribution in [0.5, 0.6) is 0 Å². The van der Waals surface area contributed by atoms with Gasteiger partial charge in [-0.05, 0) is 66.6 Å². The summed E-state index contributed by atoms with van der Waals surface area (Å²) in [6.45, 7) is 4.78. The van der Waals surface area contributed by atoms with Crippen LogP contribution in [0.2, 0.25) is 0 Å². The molecule has 0 bridgehead atoms. The summed E-state index contributed by atoms with van der Waals surface area (Å²) in [6, 6.07) is 28.9. The minimum Gasteiger partial charge on any atom is -0.445 e. The maximum Gasteiger partial charge on any atom is 0.408 e. The second kappa shape index (κ2) is 14.9. The molecule has 3 heterocycles. The van der Waals surface area contributed by atoms with Crippen molar-refractivity contribution in [2.24, 2.45) is 4.99 Å². The van der Waals surface area contributed by atoms with Gasteiger partial charge in [0.2, 0.25) is 5.91 Å². The maximum absolute atomic E-state index is 13.8. The Balaban J connectivity index is 1.11. The summed E-state index contributed by atoms with van der Waals surface area (Å²) in [5, 5.41) is 5.30. The molecule has 11 nitrogen and oxygen atoms in total. The predicted molar refractivity (Wildman–Crippen MR) is 183 cm³/mol. The monoisotopic (exact) mass is 650 g/mol. The van der Waals surface area contributed by atoms with E-state index in [1.165, 1.54) is 11.8 Å². The van der Waals surface area contributed by atoms with E-state index in [0.29, 0.717) is 29.9 Å². The van der Waals surface area contributed by atoms with Crippen LogP contribution in [0.1, 0.15) is 23.3 Å². The Bertz CT molecular complexity index is 1720. The molecule has 2 saturated heterocycles. The second-order valence-electron chi connectivity index (χ2n) is 10.9. The molecule has 0 saturated carbocycles. The summed E-state index contributed by atoms with van der Waals surface area (Å²) >= 11 is 1.35. The van der Waals surface area contributed by atoms with E-state index in [9.17, 15) is 14.4 Å². The molecule has 6 rings (SSSR count). The molecule has 2 N–H and O–H groups in total. The molecule has 2 aliphatic rings. The van der Waals surface area contributed by atoms with Gasteiger partial charge in [-0.15, -0.1) is 0 Å². The molecule has 4 aromatic rings. The number of benzene rings is 3. The lowest BCUT2D eigenvalue weighted by atomic mass is 10.1. The topological polar surface area (TPSA) is 125 Å². The van der Waals surface area contributed by atoms with Gasteiger partial charge in [-0.3, -0.25) is 9.59 Å². The Labute approximate surface area is 277 Å². The molecule has 0 spiro atoms. The van der Waals surface area contributed by atoms with E-state index < -0.39 is 23.3 Å². The highest BCUT2D eigenvalue weighted by atomic mass is 32.2. The van der Waals surface area contributed by atoms with E-state index in [1.807, 2.05) is 60.7 Å². The van der Waals surface area contributed by atoms with Crippen LogP contribution in [-0.2, 0) is 25.7 Å². The summed E-state index contributed by atoms with van der Waals surface area (Å²) in [7, 11) is 0. The molecule has 3 amide bonds. The fourth-order valence-corrected chi connectivity index (χ4v) is 6.23. The van der Waals surface area contributed by atoms with E-state index in [0.717, 1.165) is 35.6 Å². The molecule has 1 aromatic heterocycles. The zero-order valence-corrected chi connectivity index (χ0v) is 26.6. The van der Waals surface area contributed by atoms with Gasteiger partial charge in [0.25, 0.3) is 5.91 Å². The number of hydrogen-bond donors (Lipinski definition) is 2. The predicted octanol–water partition coefficient (Wildman–Crippen LogP) is 5.68. The second-order valence-corrected chi connectivity index (χ2v) is 12.0. The molecule has 2 atom stereocenters. The molecule has 2 aliphatic heterocycles. The van der Waals surface area contributed by atoms with Crippen LogP contribution in [0.25, 0.3) is 0 Å².